The van der Waals surface area contributed by atoms with Crippen molar-refractivity contribution in [3.05, 3.63) is 28.4 Å². The predicted octanol–water partition coefficient (Wildman–Crippen LogP) is 0.125. The summed E-state index contributed by atoms with van der Waals surface area (Å²) in [6, 6.07) is 2.34. The molecule has 1 aromatic rings. The van der Waals surface area contributed by atoms with Crippen LogP contribution in [0.4, 0.5) is 5.69 Å². The Morgan fingerprint density at radius 2 is 2.24 bits per heavy atom. The van der Waals surface area contributed by atoms with Crippen molar-refractivity contribution in [2.45, 2.75) is 16.7 Å². The smallest absolute Gasteiger partial charge is 0.287 e. The third-order valence-corrected chi connectivity index (χ3v) is 4.78. The molecule has 8 heteroatoms. The van der Waals surface area contributed by atoms with Crippen molar-refractivity contribution in [1.29, 1.82) is 0 Å². The topological polar surface area (TPSA) is 102 Å². The van der Waals surface area contributed by atoms with E-state index in [1.165, 1.54) is 6.07 Å². The molecular formula is C9H11N3O4S. The average molecular weight is 257 g/mol. The molecule has 1 saturated heterocycles. The summed E-state index contributed by atoms with van der Waals surface area (Å²) < 4.78 is 24.1. The number of rotatable bonds is 3. The summed E-state index contributed by atoms with van der Waals surface area (Å²) in [4.78, 5) is 13.5. The van der Waals surface area contributed by atoms with E-state index in [1.54, 1.807) is 0 Å². The molecule has 1 N–H and O–H groups in total. The molecule has 0 radical (unpaired) electrons. The number of aromatic nitrogens is 1. The van der Waals surface area contributed by atoms with Crippen LogP contribution in [0.2, 0.25) is 0 Å². The van der Waals surface area contributed by atoms with Crippen LogP contribution in [0.25, 0.3) is 0 Å². The van der Waals surface area contributed by atoms with Gasteiger partial charge in [-0.3, -0.25) is 10.1 Å². The highest BCUT2D eigenvalue weighted by molar-refractivity contribution is 7.92. The zero-order chi connectivity index (χ0) is 12.5. The molecule has 0 amide bonds. The number of sulfone groups is 1. The van der Waals surface area contributed by atoms with Crippen molar-refractivity contribution in [1.82, 2.24) is 10.3 Å². The number of nitrogens with zero attached hydrogens (tertiary/aromatic N) is 2. The summed E-state index contributed by atoms with van der Waals surface area (Å²) in [6.07, 6.45) is 1.51. The van der Waals surface area contributed by atoms with Crippen molar-refractivity contribution in [3.63, 3.8) is 0 Å². The molecule has 1 unspecified atom stereocenters. The SMILES string of the molecule is O=[N+]([O-])c1ccc(S(=O)(=O)C2CCNC2)nc1. The Labute approximate surface area is 97.9 Å². The van der Waals surface area contributed by atoms with E-state index in [9.17, 15) is 18.5 Å². The summed E-state index contributed by atoms with van der Waals surface area (Å²) in [5, 5.41) is 12.8. The Morgan fingerprint density at radius 3 is 2.71 bits per heavy atom. The van der Waals surface area contributed by atoms with E-state index in [4.69, 9.17) is 0 Å². The maximum absolute atomic E-state index is 12.0. The van der Waals surface area contributed by atoms with Gasteiger partial charge in [-0.15, -0.1) is 0 Å². The van der Waals surface area contributed by atoms with Gasteiger partial charge < -0.3 is 5.32 Å². The van der Waals surface area contributed by atoms with Crippen LogP contribution >= 0.6 is 0 Å². The molecule has 1 atom stereocenters. The van der Waals surface area contributed by atoms with Crippen molar-refractivity contribution < 1.29 is 13.3 Å². The van der Waals surface area contributed by atoms with E-state index in [1.807, 2.05) is 0 Å². The van der Waals surface area contributed by atoms with Gasteiger partial charge in [-0.05, 0) is 19.0 Å². The molecule has 0 aliphatic carbocycles. The molecule has 17 heavy (non-hydrogen) atoms. The van der Waals surface area contributed by atoms with Gasteiger partial charge in [0.05, 0.1) is 10.2 Å². The normalized spacial score (nSPS) is 20.4. The zero-order valence-electron chi connectivity index (χ0n) is 8.87. The lowest BCUT2D eigenvalue weighted by Crippen LogP contribution is -2.24. The third kappa shape index (κ3) is 2.27. The van der Waals surface area contributed by atoms with Crippen molar-refractivity contribution in [2.24, 2.45) is 0 Å². The fraction of sp³-hybridized carbons (Fsp3) is 0.444. The maximum Gasteiger partial charge on any atom is 0.287 e. The molecule has 92 valence electrons. The number of nitro groups is 1. The lowest BCUT2D eigenvalue weighted by molar-refractivity contribution is -0.385. The van der Waals surface area contributed by atoms with E-state index < -0.39 is 20.0 Å². The van der Waals surface area contributed by atoms with Crippen molar-refractivity contribution in [3.8, 4) is 0 Å². The van der Waals surface area contributed by atoms with E-state index in [0.717, 1.165) is 12.3 Å². The molecule has 0 aromatic carbocycles. The summed E-state index contributed by atoms with van der Waals surface area (Å²) in [6.45, 7) is 1.07. The first-order valence-electron chi connectivity index (χ1n) is 5.07. The molecule has 7 nitrogen and oxygen atoms in total. The first kappa shape index (κ1) is 11.9. The Kier molecular flexibility index (Phi) is 3.07. The fourth-order valence-corrected chi connectivity index (χ4v) is 3.28. The van der Waals surface area contributed by atoms with Crippen LogP contribution in [-0.4, -0.2) is 36.7 Å². The van der Waals surface area contributed by atoms with Gasteiger partial charge in [-0.1, -0.05) is 0 Å². The maximum atomic E-state index is 12.0. The van der Waals surface area contributed by atoms with Gasteiger partial charge in [0.15, 0.2) is 14.9 Å². The highest BCUT2D eigenvalue weighted by Gasteiger charge is 2.31. The largest absolute Gasteiger partial charge is 0.315 e. The highest BCUT2D eigenvalue weighted by Crippen LogP contribution is 2.20. The van der Waals surface area contributed by atoms with Crippen LogP contribution in [0.15, 0.2) is 23.4 Å². The van der Waals surface area contributed by atoms with Crippen LogP contribution in [0.3, 0.4) is 0 Å². The second-order valence-electron chi connectivity index (χ2n) is 3.77. The second-order valence-corrected chi connectivity index (χ2v) is 5.95. The third-order valence-electron chi connectivity index (χ3n) is 2.68. The molecule has 1 aliphatic rings. The Hall–Kier alpha value is -1.54. The van der Waals surface area contributed by atoms with E-state index >= 15 is 0 Å². The van der Waals surface area contributed by atoms with Crippen LogP contribution < -0.4 is 5.32 Å². The highest BCUT2D eigenvalue weighted by atomic mass is 32.2. The van der Waals surface area contributed by atoms with Crippen molar-refractivity contribution >= 4 is 15.5 Å². The first-order chi connectivity index (χ1) is 8.01. The van der Waals surface area contributed by atoms with Crippen LogP contribution in [0.5, 0.6) is 0 Å². The predicted molar refractivity (Wildman–Crippen MR) is 59.4 cm³/mol. The minimum absolute atomic E-state index is 0.100. The number of pyridine rings is 1. The lowest BCUT2D eigenvalue weighted by atomic mass is 10.4. The molecule has 2 rings (SSSR count). The lowest BCUT2D eigenvalue weighted by Gasteiger charge is -2.08. The number of nitrogens with one attached hydrogen (secondary N) is 1. The molecule has 0 saturated carbocycles. The Balaban J connectivity index is 2.30. The van der Waals surface area contributed by atoms with Gasteiger partial charge in [-0.2, -0.15) is 0 Å². The standard InChI is InChI=1S/C9H11N3O4S/c13-12(14)7-1-2-9(11-5-7)17(15,16)8-3-4-10-6-8/h1-2,5,8,10H,3-4,6H2. The van der Waals surface area contributed by atoms with Gasteiger partial charge in [-0.25, -0.2) is 13.4 Å². The molecule has 2 heterocycles. The fourth-order valence-electron chi connectivity index (χ4n) is 1.71. The van der Waals surface area contributed by atoms with Crippen LogP contribution in [0.1, 0.15) is 6.42 Å². The Morgan fingerprint density at radius 1 is 1.47 bits per heavy atom. The van der Waals surface area contributed by atoms with Gasteiger partial charge >= 0.3 is 0 Å². The average Bonchev–Trinajstić information content (AvgIpc) is 2.83. The summed E-state index contributed by atoms with van der Waals surface area (Å²) in [5.41, 5.74) is -0.214. The van der Waals surface area contributed by atoms with E-state index in [2.05, 4.69) is 10.3 Å². The van der Waals surface area contributed by atoms with Gasteiger partial charge in [0, 0.05) is 12.6 Å². The molecule has 1 fully saturated rings. The minimum atomic E-state index is -3.48. The molecular weight excluding hydrogens is 246 g/mol. The molecule has 1 aromatic heterocycles. The molecule has 0 spiro atoms. The molecule has 0 bridgehead atoms. The Bertz CT molecular complexity index is 520. The minimum Gasteiger partial charge on any atom is -0.315 e. The van der Waals surface area contributed by atoms with Crippen molar-refractivity contribution in [2.75, 3.05) is 13.1 Å². The van der Waals surface area contributed by atoms with Crippen LogP contribution in [0, 0.1) is 10.1 Å². The molecule has 1 aliphatic heterocycles. The first-order valence-corrected chi connectivity index (χ1v) is 6.61. The van der Waals surface area contributed by atoms with E-state index in [-0.39, 0.29) is 10.7 Å². The number of hydrogen-bond acceptors (Lipinski definition) is 6. The number of hydrogen-bond donors (Lipinski definition) is 1. The van der Waals surface area contributed by atoms with Gasteiger partial charge in [0.1, 0.15) is 6.20 Å². The van der Waals surface area contributed by atoms with E-state index in [0.29, 0.717) is 19.5 Å². The van der Waals surface area contributed by atoms with Crippen LogP contribution in [-0.2, 0) is 9.84 Å². The monoisotopic (exact) mass is 257 g/mol. The quantitative estimate of drug-likeness (QED) is 0.609. The second kappa shape index (κ2) is 4.38. The summed E-state index contributed by atoms with van der Waals surface area (Å²) in [7, 11) is -3.48. The van der Waals surface area contributed by atoms with Gasteiger partial charge in [0.25, 0.3) is 5.69 Å². The summed E-state index contributed by atoms with van der Waals surface area (Å²) >= 11 is 0. The van der Waals surface area contributed by atoms with Gasteiger partial charge in [0.2, 0.25) is 0 Å². The summed E-state index contributed by atoms with van der Waals surface area (Å²) in [5.74, 6) is 0. The zero-order valence-corrected chi connectivity index (χ0v) is 9.68.